The van der Waals surface area contributed by atoms with E-state index in [9.17, 15) is 4.79 Å². The molecule has 0 aliphatic heterocycles. The highest BCUT2D eigenvalue weighted by Crippen LogP contribution is 2.22. The molecule has 1 aromatic heterocycles. The van der Waals surface area contributed by atoms with Crippen LogP contribution in [0, 0.1) is 0 Å². The van der Waals surface area contributed by atoms with Crippen LogP contribution in [-0.4, -0.2) is 30.8 Å². The second-order valence-corrected chi connectivity index (χ2v) is 7.42. The first kappa shape index (κ1) is 18.8. The van der Waals surface area contributed by atoms with E-state index in [2.05, 4.69) is 20.9 Å². The minimum absolute atomic E-state index is 0.275. The summed E-state index contributed by atoms with van der Waals surface area (Å²) in [6.45, 7) is 3.84. The first-order valence-corrected chi connectivity index (χ1v) is 9.83. The van der Waals surface area contributed by atoms with Gasteiger partial charge in [0, 0.05) is 23.2 Å². The Morgan fingerprint density at radius 1 is 1.23 bits per heavy atom. The molecule has 0 atom stereocenters. The molecule has 0 radical (unpaired) electrons. The number of carbonyl (C=O) groups excluding carboxylic acids is 1. The zero-order valence-corrected chi connectivity index (χ0v) is 17.0. The maximum Gasteiger partial charge on any atom is 0.279 e. The largest absolute Gasteiger partial charge is 0.497 e. The number of carbonyl (C=O) groups is 1. The van der Waals surface area contributed by atoms with E-state index in [0.29, 0.717) is 35.9 Å². The summed E-state index contributed by atoms with van der Waals surface area (Å²) in [6, 6.07) is 13.0. The van der Waals surface area contributed by atoms with Gasteiger partial charge >= 0.3 is 0 Å². The van der Waals surface area contributed by atoms with Crippen LogP contribution in [0.3, 0.4) is 0 Å². The Bertz CT molecular complexity index is 977. The first-order valence-electron chi connectivity index (χ1n) is 8.22. The monoisotopic (exact) mass is 434 g/mol. The summed E-state index contributed by atoms with van der Waals surface area (Å²) in [5.74, 6) is 0.434. The molecule has 5 nitrogen and oxygen atoms in total. The number of ether oxygens (including phenoxy) is 2. The molecule has 0 spiro atoms. The number of amides is 1. The normalized spacial score (nSPS) is 11.9. The molecular weight excluding hydrogens is 416 g/mol. The molecule has 0 N–H and O–H groups in total. The molecule has 0 aliphatic rings. The van der Waals surface area contributed by atoms with E-state index in [-0.39, 0.29) is 5.91 Å². The van der Waals surface area contributed by atoms with Crippen LogP contribution in [0.5, 0.6) is 5.75 Å². The third kappa shape index (κ3) is 4.23. The lowest BCUT2D eigenvalue weighted by molar-refractivity contribution is 0.0996. The highest BCUT2D eigenvalue weighted by Gasteiger charge is 2.10. The Kier molecular flexibility index (Phi) is 6.24. The molecule has 136 valence electrons. The number of hydrogen-bond donors (Lipinski definition) is 0. The molecule has 0 fully saturated rings. The van der Waals surface area contributed by atoms with Gasteiger partial charge in [0.2, 0.25) is 0 Å². The topological polar surface area (TPSA) is 52.8 Å². The van der Waals surface area contributed by atoms with Crippen molar-refractivity contribution in [2.45, 2.75) is 13.5 Å². The van der Waals surface area contributed by atoms with Gasteiger partial charge in [0.05, 0.1) is 23.9 Å². The predicted molar refractivity (Wildman–Crippen MR) is 107 cm³/mol. The van der Waals surface area contributed by atoms with Crippen LogP contribution in [0.25, 0.3) is 10.2 Å². The Balaban J connectivity index is 2.01. The molecule has 0 saturated carbocycles. The molecular formula is C19H19BrN2O3S. The van der Waals surface area contributed by atoms with E-state index >= 15 is 0 Å². The van der Waals surface area contributed by atoms with Crippen LogP contribution < -0.4 is 9.54 Å². The molecule has 7 heteroatoms. The number of halogens is 1. The summed E-state index contributed by atoms with van der Waals surface area (Å²) in [6.07, 6.45) is 0. The number of methoxy groups -OCH3 is 1. The Hall–Kier alpha value is -1.96. The van der Waals surface area contributed by atoms with Crippen LogP contribution in [0.1, 0.15) is 17.3 Å². The lowest BCUT2D eigenvalue weighted by atomic mass is 10.2. The molecule has 1 amide bonds. The fourth-order valence-corrected chi connectivity index (χ4v) is 4.14. The van der Waals surface area contributed by atoms with E-state index in [1.807, 2.05) is 29.7 Å². The van der Waals surface area contributed by atoms with Crippen LogP contribution in [-0.2, 0) is 11.3 Å². The highest BCUT2D eigenvalue weighted by atomic mass is 79.9. The fraction of sp³-hybridized carbons (Fsp3) is 0.263. The zero-order chi connectivity index (χ0) is 18.5. The third-order valence-electron chi connectivity index (χ3n) is 3.84. The second-order valence-electron chi connectivity index (χ2n) is 5.49. The van der Waals surface area contributed by atoms with Crippen LogP contribution in [0.15, 0.2) is 51.9 Å². The predicted octanol–water partition coefficient (Wildman–Crippen LogP) is 4.25. The van der Waals surface area contributed by atoms with Gasteiger partial charge in [-0.2, -0.15) is 4.99 Å². The summed E-state index contributed by atoms with van der Waals surface area (Å²) in [4.78, 5) is 17.6. The second kappa shape index (κ2) is 8.62. The standard InChI is InChI=1S/C19H19BrN2O3S/c1-3-25-11-10-22-16-9-6-14(20)12-17(16)26-19(22)21-18(23)13-4-7-15(24-2)8-5-13/h4-9,12H,3,10-11H2,1-2H3. The lowest BCUT2D eigenvalue weighted by Gasteiger charge is -2.05. The lowest BCUT2D eigenvalue weighted by Crippen LogP contribution is -2.19. The molecule has 0 aliphatic carbocycles. The highest BCUT2D eigenvalue weighted by molar-refractivity contribution is 9.10. The number of nitrogens with zero attached hydrogens (tertiary/aromatic N) is 2. The third-order valence-corrected chi connectivity index (χ3v) is 5.38. The van der Waals surface area contributed by atoms with Crippen molar-refractivity contribution in [3.8, 4) is 5.75 Å². The SMILES string of the molecule is CCOCCn1c(=NC(=O)c2ccc(OC)cc2)sc2cc(Br)ccc21. The number of thiazole rings is 1. The van der Waals surface area contributed by atoms with Gasteiger partial charge in [0.15, 0.2) is 4.80 Å². The van der Waals surface area contributed by atoms with Crippen molar-refractivity contribution in [3.63, 3.8) is 0 Å². The minimum Gasteiger partial charge on any atom is -0.497 e. The number of benzene rings is 2. The summed E-state index contributed by atoms with van der Waals surface area (Å²) < 4.78 is 14.7. The van der Waals surface area contributed by atoms with Gasteiger partial charge in [0.25, 0.3) is 5.91 Å². The number of rotatable bonds is 6. The smallest absolute Gasteiger partial charge is 0.279 e. The number of hydrogen-bond acceptors (Lipinski definition) is 4. The van der Waals surface area contributed by atoms with Crippen molar-refractivity contribution in [2.24, 2.45) is 4.99 Å². The van der Waals surface area contributed by atoms with Gasteiger partial charge in [-0.3, -0.25) is 4.79 Å². The molecule has 2 aromatic carbocycles. The number of aromatic nitrogens is 1. The maximum absolute atomic E-state index is 12.6. The fourth-order valence-electron chi connectivity index (χ4n) is 2.53. The number of fused-ring (bicyclic) bond motifs is 1. The molecule has 3 aromatic rings. The van der Waals surface area contributed by atoms with Gasteiger partial charge in [-0.25, -0.2) is 0 Å². The van der Waals surface area contributed by atoms with Gasteiger partial charge in [-0.05, 0) is 49.4 Å². The van der Waals surface area contributed by atoms with Gasteiger partial charge < -0.3 is 14.0 Å². The molecule has 3 rings (SSSR count). The van der Waals surface area contributed by atoms with Crippen molar-refractivity contribution < 1.29 is 14.3 Å². The Morgan fingerprint density at radius 3 is 2.69 bits per heavy atom. The van der Waals surface area contributed by atoms with Crippen LogP contribution >= 0.6 is 27.3 Å². The zero-order valence-electron chi connectivity index (χ0n) is 14.6. The van der Waals surface area contributed by atoms with E-state index in [1.165, 1.54) is 11.3 Å². The summed E-state index contributed by atoms with van der Waals surface area (Å²) in [7, 11) is 1.60. The Morgan fingerprint density at radius 2 is 2.00 bits per heavy atom. The molecule has 0 saturated heterocycles. The molecule has 0 unspecified atom stereocenters. The van der Waals surface area contributed by atoms with E-state index in [4.69, 9.17) is 9.47 Å². The van der Waals surface area contributed by atoms with Gasteiger partial charge in [-0.15, -0.1) is 0 Å². The van der Waals surface area contributed by atoms with E-state index in [0.717, 1.165) is 14.7 Å². The van der Waals surface area contributed by atoms with Crippen molar-refractivity contribution in [1.29, 1.82) is 0 Å². The molecule has 1 heterocycles. The van der Waals surface area contributed by atoms with Crippen molar-refractivity contribution >= 4 is 43.4 Å². The van der Waals surface area contributed by atoms with E-state index in [1.54, 1.807) is 31.4 Å². The maximum atomic E-state index is 12.6. The molecule has 26 heavy (non-hydrogen) atoms. The van der Waals surface area contributed by atoms with Gasteiger partial charge in [0.1, 0.15) is 5.75 Å². The van der Waals surface area contributed by atoms with Crippen molar-refractivity contribution in [1.82, 2.24) is 4.57 Å². The van der Waals surface area contributed by atoms with Gasteiger partial charge in [-0.1, -0.05) is 27.3 Å². The van der Waals surface area contributed by atoms with Crippen LogP contribution in [0.2, 0.25) is 0 Å². The average molecular weight is 435 g/mol. The van der Waals surface area contributed by atoms with E-state index < -0.39 is 0 Å². The summed E-state index contributed by atoms with van der Waals surface area (Å²) in [5.41, 5.74) is 1.57. The minimum atomic E-state index is -0.275. The summed E-state index contributed by atoms with van der Waals surface area (Å²) >= 11 is 4.99. The summed E-state index contributed by atoms with van der Waals surface area (Å²) in [5, 5.41) is 0. The van der Waals surface area contributed by atoms with Crippen LogP contribution in [0.4, 0.5) is 0 Å². The van der Waals surface area contributed by atoms with Crippen molar-refractivity contribution in [2.75, 3.05) is 20.3 Å². The first-order chi connectivity index (χ1) is 12.6. The molecule has 0 bridgehead atoms. The Labute approximate surface area is 164 Å². The quantitative estimate of drug-likeness (QED) is 0.544. The average Bonchev–Trinajstić information content (AvgIpc) is 2.98. The van der Waals surface area contributed by atoms with Crippen molar-refractivity contribution in [3.05, 3.63) is 57.3 Å².